The maximum absolute atomic E-state index is 12.5. The molecular weight excluding hydrogens is 344 g/mol. The quantitative estimate of drug-likeness (QED) is 0.697. The molecule has 0 fully saturated rings. The Morgan fingerprint density at radius 2 is 2.00 bits per heavy atom. The van der Waals surface area contributed by atoms with Crippen LogP contribution in [0.4, 0.5) is 14.5 Å². The second-order valence-corrected chi connectivity index (χ2v) is 5.41. The second-order valence-electron chi connectivity index (χ2n) is 5.41. The van der Waals surface area contributed by atoms with E-state index in [2.05, 4.69) is 25.6 Å². The van der Waals surface area contributed by atoms with Crippen molar-refractivity contribution in [3.8, 4) is 17.2 Å². The molecule has 0 saturated carbocycles. The molecule has 3 rings (SSSR count). The Balaban J connectivity index is 1.74. The number of aryl methyl sites for hydroxylation is 1. The molecule has 1 N–H and O–H groups in total. The average Bonchev–Trinajstić information content (AvgIpc) is 3.06. The van der Waals surface area contributed by atoms with Crippen molar-refractivity contribution in [3.05, 3.63) is 53.9 Å². The number of aromatic nitrogens is 4. The Kier molecular flexibility index (Phi) is 5.26. The van der Waals surface area contributed by atoms with Crippen LogP contribution in [-0.2, 0) is 6.54 Å². The third-order valence-electron chi connectivity index (χ3n) is 3.66. The van der Waals surface area contributed by atoms with E-state index in [4.69, 9.17) is 4.74 Å². The van der Waals surface area contributed by atoms with Crippen molar-refractivity contribution in [2.45, 2.75) is 20.1 Å². The number of alkyl halides is 2. The van der Waals surface area contributed by atoms with E-state index < -0.39 is 6.61 Å². The van der Waals surface area contributed by atoms with Crippen LogP contribution < -0.4 is 14.8 Å². The van der Waals surface area contributed by atoms with Gasteiger partial charge >= 0.3 is 6.61 Å². The van der Waals surface area contributed by atoms with Gasteiger partial charge in [-0.15, -0.1) is 5.10 Å². The molecule has 9 heteroatoms. The average molecular weight is 361 g/mol. The van der Waals surface area contributed by atoms with Gasteiger partial charge < -0.3 is 14.8 Å². The van der Waals surface area contributed by atoms with Crippen molar-refractivity contribution in [3.63, 3.8) is 0 Å². The molecule has 0 saturated heterocycles. The number of benzene rings is 2. The Bertz CT molecular complexity index is 885. The summed E-state index contributed by atoms with van der Waals surface area (Å²) in [5, 5.41) is 14.7. The number of nitrogens with zero attached hydrogens (tertiary/aromatic N) is 4. The molecular formula is C17H17F2N5O2. The van der Waals surface area contributed by atoms with Crippen LogP contribution in [0.15, 0.2) is 42.5 Å². The highest BCUT2D eigenvalue weighted by atomic mass is 19.3. The normalized spacial score (nSPS) is 10.8. The molecule has 0 radical (unpaired) electrons. The fraction of sp³-hybridized carbons (Fsp3) is 0.235. The number of ether oxygens (including phenoxy) is 2. The van der Waals surface area contributed by atoms with Crippen molar-refractivity contribution in [1.29, 1.82) is 0 Å². The summed E-state index contributed by atoms with van der Waals surface area (Å²) in [4.78, 5) is 0. The lowest BCUT2D eigenvalue weighted by atomic mass is 10.2. The first-order chi connectivity index (χ1) is 12.6. The number of tetrazole rings is 1. The van der Waals surface area contributed by atoms with Crippen LogP contribution in [0.25, 0.3) is 5.69 Å². The lowest BCUT2D eigenvalue weighted by Crippen LogP contribution is -2.06. The lowest BCUT2D eigenvalue weighted by Gasteiger charge is -2.13. The molecule has 1 aromatic heterocycles. The van der Waals surface area contributed by atoms with Crippen LogP contribution >= 0.6 is 0 Å². The Morgan fingerprint density at radius 3 is 2.69 bits per heavy atom. The summed E-state index contributed by atoms with van der Waals surface area (Å²) in [6, 6.07) is 12.4. The Morgan fingerprint density at radius 1 is 1.15 bits per heavy atom. The van der Waals surface area contributed by atoms with Crippen LogP contribution in [0.3, 0.4) is 0 Å². The fourth-order valence-corrected chi connectivity index (χ4v) is 2.44. The molecule has 0 aliphatic carbocycles. The van der Waals surface area contributed by atoms with Gasteiger partial charge in [-0.1, -0.05) is 12.1 Å². The summed E-state index contributed by atoms with van der Waals surface area (Å²) >= 11 is 0. The van der Waals surface area contributed by atoms with E-state index >= 15 is 0 Å². The van der Waals surface area contributed by atoms with Crippen LogP contribution in [0.2, 0.25) is 0 Å². The van der Waals surface area contributed by atoms with E-state index in [0.29, 0.717) is 12.4 Å². The molecule has 0 aliphatic rings. The van der Waals surface area contributed by atoms with Crippen LogP contribution in [0, 0.1) is 6.92 Å². The zero-order valence-corrected chi connectivity index (χ0v) is 14.2. The van der Waals surface area contributed by atoms with E-state index in [1.807, 2.05) is 31.2 Å². The van der Waals surface area contributed by atoms with Gasteiger partial charge in [0.15, 0.2) is 17.3 Å². The minimum Gasteiger partial charge on any atom is -0.493 e. The number of hydrogen-bond donors (Lipinski definition) is 1. The molecule has 1 heterocycles. The predicted octanol–water partition coefficient (Wildman–Crippen LogP) is 3.19. The highest BCUT2D eigenvalue weighted by molar-refractivity contribution is 5.52. The highest BCUT2D eigenvalue weighted by Crippen LogP contribution is 2.29. The van der Waals surface area contributed by atoms with Crippen molar-refractivity contribution in [2.24, 2.45) is 0 Å². The zero-order valence-electron chi connectivity index (χ0n) is 14.2. The second kappa shape index (κ2) is 7.77. The number of halogens is 2. The Hall–Kier alpha value is -3.23. The summed E-state index contributed by atoms with van der Waals surface area (Å²) in [7, 11) is 1.40. The summed E-state index contributed by atoms with van der Waals surface area (Å²) < 4.78 is 36.2. The molecule has 0 aliphatic heterocycles. The van der Waals surface area contributed by atoms with Crippen molar-refractivity contribution in [1.82, 2.24) is 20.2 Å². The minimum atomic E-state index is -2.91. The van der Waals surface area contributed by atoms with Gasteiger partial charge in [0.25, 0.3) is 0 Å². The number of rotatable bonds is 7. The van der Waals surface area contributed by atoms with E-state index in [-0.39, 0.29) is 11.5 Å². The summed E-state index contributed by atoms with van der Waals surface area (Å²) in [5.74, 6) is 0.927. The van der Waals surface area contributed by atoms with Gasteiger partial charge in [0.1, 0.15) is 0 Å². The summed E-state index contributed by atoms with van der Waals surface area (Å²) in [5.41, 5.74) is 2.42. The van der Waals surface area contributed by atoms with Crippen LogP contribution in [0.5, 0.6) is 11.5 Å². The molecule has 0 amide bonds. The van der Waals surface area contributed by atoms with Gasteiger partial charge in [0.05, 0.1) is 12.8 Å². The molecule has 0 atom stereocenters. The van der Waals surface area contributed by atoms with Crippen LogP contribution in [0.1, 0.15) is 11.4 Å². The van der Waals surface area contributed by atoms with Crippen molar-refractivity contribution < 1.29 is 18.3 Å². The lowest BCUT2D eigenvalue weighted by molar-refractivity contribution is -0.0512. The summed E-state index contributed by atoms with van der Waals surface area (Å²) in [6.45, 7) is -0.688. The number of hydrogen-bond acceptors (Lipinski definition) is 6. The number of methoxy groups -OCH3 is 1. The maximum atomic E-state index is 12.5. The molecule has 0 bridgehead atoms. The third-order valence-corrected chi connectivity index (χ3v) is 3.66. The number of nitrogens with one attached hydrogen (secondary N) is 1. The SMILES string of the molecule is COc1ccc(CNc2cccc(-n3nnnc3C)c2)cc1OC(F)F. The van der Waals surface area contributed by atoms with Gasteiger partial charge in [-0.25, -0.2) is 0 Å². The first-order valence-electron chi connectivity index (χ1n) is 7.78. The maximum Gasteiger partial charge on any atom is 0.387 e. The van der Waals surface area contributed by atoms with Gasteiger partial charge in [0.2, 0.25) is 0 Å². The first kappa shape index (κ1) is 17.6. The smallest absolute Gasteiger partial charge is 0.387 e. The minimum absolute atomic E-state index is 0.000125. The highest BCUT2D eigenvalue weighted by Gasteiger charge is 2.11. The first-order valence-corrected chi connectivity index (χ1v) is 7.78. The molecule has 26 heavy (non-hydrogen) atoms. The van der Waals surface area contributed by atoms with Crippen molar-refractivity contribution >= 4 is 5.69 Å². The van der Waals surface area contributed by atoms with Gasteiger partial charge in [0, 0.05) is 12.2 Å². The van der Waals surface area contributed by atoms with E-state index in [9.17, 15) is 8.78 Å². The van der Waals surface area contributed by atoms with Crippen molar-refractivity contribution in [2.75, 3.05) is 12.4 Å². The van der Waals surface area contributed by atoms with Gasteiger partial charge in [-0.2, -0.15) is 13.5 Å². The fourth-order valence-electron chi connectivity index (χ4n) is 2.44. The van der Waals surface area contributed by atoms with E-state index in [1.54, 1.807) is 16.8 Å². The molecule has 7 nitrogen and oxygen atoms in total. The van der Waals surface area contributed by atoms with Gasteiger partial charge in [-0.3, -0.25) is 0 Å². The molecule has 2 aromatic carbocycles. The monoisotopic (exact) mass is 361 g/mol. The predicted molar refractivity (Wildman–Crippen MR) is 90.8 cm³/mol. The molecule has 3 aromatic rings. The topological polar surface area (TPSA) is 74.1 Å². The largest absolute Gasteiger partial charge is 0.493 e. The van der Waals surface area contributed by atoms with Crippen LogP contribution in [-0.4, -0.2) is 33.9 Å². The zero-order chi connectivity index (χ0) is 18.5. The number of anilines is 1. The Labute approximate surface area is 148 Å². The standard InChI is InChI=1S/C17H17F2N5O2/c1-11-21-22-23-24(11)14-5-3-4-13(9-14)20-10-12-6-7-15(25-2)16(8-12)26-17(18)19/h3-9,17,20H,10H2,1-2H3. The molecule has 0 unspecified atom stereocenters. The van der Waals surface area contributed by atoms with E-state index in [0.717, 1.165) is 16.9 Å². The van der Waals surface area contributed by atoms with Gasteiger partial charge in [-0.05, 0) is 53.2 Å². The molecule has 0 spiro atoms. The third kappa shape index (κ3) is 4.05. The molecule has 136 valence electrons. The van der Waals surface area contributed by atoms with E-state index in [1.165, 1.54) is 13.2 Å². The summed E-state index contributed by atoms with van der Waals surface area (Å²) in [6.07, 6.45) is 0.